The molecule has 1 saturated heterocycles. The lowest BCUT2D eigenvalue weighted by atomic mass is 10.0. The lowest BCUT2D eigenvalue weighted by Gasteiger charge is -2.33. The Labute approximate surface area is 139 Å². The van der Waals surface area contributed by atoms with Gasteiger partial charge in [0.15, 0.2) is 0 Å². The number of likely N-dealkylation sites (tertiary alicyclic amines) is 1. The lowest BCUT2D eigenvalue weighted by Crippen LogP contribution is -2.40. The van der Waals surface area contributed by atoms with Crippen molar-refractivity contribution in [2.75, 3.05) is 19.6 Å². The van der Waals surface area contributed by atoms with Gasteiger partial charge in [-0.15, -0.1) is 0 Å². The Morgan fingerprint density at radius 3 is 2.65 bits per heavy atom. The van der Waals surface area contributed by atoms with Crippen LogP contribution in [0.5, 0.6) is 5.75 Å². The first-order valence-electron chi connectivity index (χ1n) is 8.35. The molecule has 0 bridgehead atoms. The zero-order valence-electron chi connectivity index (χ0n) is 14.1. The fourth-order valence-electron chi connectivity index (χ4n) is 2.97. The van der Waals surface area contributed by atoms with Crippen molar-refractivity contribution in [3.63, 3.8) is 0 Å². The van der Waals surface area contributed by atoms with Crippen LogP contribution in [0.15, 0.2) is 18.2 Å². The molecule has 1 atom stereocenters. The van der Waals surface area contributed by atoms with Gasteiger partial charge < -0.3 is 9.64 Å². The van der Waals surface area contributed by atoms with Crippen molar-refractivity contribution in [2.24, 2.45) is 5.92 Å². The molecule has 0 unspecified atom stereocenters. The van der Waals surface area contributed by atoms with E-state index in [0.29, 0.717) is 12.8 Å². The molecule has 122 valence electrons. The van der Waals surface area contributed by atoms with Crippen LogP contribution in [0.1, 0.15) is 36.8 Å². The van der Waals surface area contributed by atoms with Gasteiger partial charge >= 0.3 is 0 Å². The van der Waals surface area contributed by atoms with Gasteiger partial charge in [0.2, 0.25) is 0 Å². The molecule has 1 heterocycles. The summed E-state index contributed by atoms with van der Waals surface area (Å²) in [4.78, 5) is 2.33. The summed E-state index contributed by atoms with van der Waals surface area (Å²) in [5.41, 5.74) is 2.40. The highest BCUT2D eigenvalue weighted by Gasteiger charge is 2.23. The number of piperidine rings is 1. The third kappa shape index (κ3) is 5.27. The Bertz CT molecular complexity index is 592. The van der Waals surface area contributed by atoms with Crippen LogP contribution in [-0.4, -0.2) is 30.6 Å². The Hall–Kier alpha value is -2.04. The van der Waals surface area contributed by atoms with Crippen molar-refractivity contribution >= 4 is 0 Å². The highest BCUT2D eigenvalue weighted by Crippen LogP contribution is 2.24. The van der Waals surface area contributed by atoms with Gasteiger partial charge in [-0.3, -0.25) is 0 Å². The van der Waals surface area contributed by atoms with E-state index in [-0.39, 0.29) is 12.0 Å². The number of ether oxygens (including phenoxy) is 1. The predicted molar refractivity (Wildman–Crippen MR) is 90.0 cm³/mol. The molecule has 0 N–H and O–H groups in total. The maximum Gasteiger partial charge on any atom is 0.122 e. The van der Waals surface area contributed by atoms with E-state index in [1.165, 1.54) is 11.1 Å². The van der Waals surface area contributed by atoms with Gasteiger partial charge in [-0.05, 0) is 50.3 Å². The van der Waals surface area contributed by atoms with Crippen molar-refractivity contribution in [1.82, 2.24) is 4.90 Å². The van der Waals surface area contributed by atoms with Crippen LogP contribution in [0.25, 0.3) is 0 Å². The summed E-state index contributed by atoms with van der Waals surface area (Å²) in [6.45, 7) is 6.85. The first kappa shape index (κ1) is 17.3. The van der Waals surface area contributed by atoms with Gasteiger partial charge in [-0.2, -0.15) is 10.5 Å². The van der Waals surface area contributed by atoms with Gasteiger partial charge in [0.1, 0.15) is 11.9 Å². The van der Waals surface area contributed by atoms with Crippen molar-refractivity contribution in [3.8, 4) is 17.9 Å². The van der Waals surface area contributed by atoms with Gasteiger partial charge in [0.25, 0.3) is 0 Å². The molecule has 0 amide bonds. The maximum absolute atomic E-state index is 9.18. The monoisotopic (exact) mass is 311 g/mol. The second kappa shape index (κ2) is 8.56. The Kier molecular flexibility index (Phi) is 6.44. The lowest BCUT2D eigenvalue weighted by molar-refractivity contribution is 0.0943. The molecule has 4 nitrogen and oxygen atoms in total. The van der Waals surface area contributed by atoms with Crippen LogP contribution in [-0.2, 0) is 0 Å². The summed E-state index contributed by atoms with van der Waals surface area (Å²) in [6.07, 6.45) is 3.37. The molecular weight excluding hydrogens is 286 g/mol. The van der Waals surface area contributed by atoms with Crippen LogP contribution >= 0.6 is 0 Å². The Morgan fingerprint density at radius 2 is 2.00 bits per heavy atom. The normalized spacial score (nSPS) is 17.2. The van der Waals surface area contributed by atoms with Gasteiger partial charge in [-0.1, -0.05) is 12.1 Å². The predicted octanol–water partition coefficient (Wildman–Crippen LogP) is 3.59. The maximum atomic E-state index is 9.18. The van der Waals surface area contributed by atoms with E-state index in [1.807, 2.05) is 0 Å². The Morgan fingerprint density at radius 1 is 1.26 bits per heavy atom. The average molecular weight is 311 g/mol. The number of benzene rings is 1. The van der Waals surface area contributed by atoms with Crippen molar-refractivity contribution < 1.29 is 4.74 Å². The molecule has 1 aliphatic heterocycles. The minimum Gasteiger partial charge on any atom is -0.490 e. The molecule has 0 saturated carbocycles. The number of rotatable bonds is 6. The minimum atomic E-state index is -0.0360. The SMILES string of the molecule is Cc1ccc(C)c(OC2CCN(C[C@@H](C#N)CCC#N)CC2)c1. The number of nitriles is 2. The van der Waals surface area contributed by atoms with E-state index in [4.69, 9.17) is 10.00 Å². The second-order valence-corrected chi connectivity index (χ2v) is 6.41. The van der Waals surface area contributed by atoms with Crippen molar-refractivity contribution in [1.29, 1.82) is 10.5 Å². The van der Waals surface area contributed by atoms with Crippen LogP contribution in [0.4, 0.5) is 0 Å². The molecule has 1 aromatic rings. The third-order valence-electron chi connectivity index (χ3n) is 4.44. The molecule has 1 fully saturated rings. The summed E-state index contributed by atoms with van der Waals surface area (Å²) < 4.78 is 6.18. The highest BCUT2D eigenvalue weighted by atomic mass is 16.5. The van der Waals surface area contributed by atoms with Crippen LogP contribution in [0, 0.1) is 42.4 Å². The molecular formula is C19H25N3O. The summed E-state index contributed by atoms with van der Waals surface area (Å²) >= 11 is 0. The zero-order valence-corrected chi connectivity index (χ0v) is 14.1. The van der Waals surface area contributed by atoms with Crippen LogP contribution in [0.3, 0.4) is 0 Å². The van der Waals surface area contributed by atoms with Crippen molar-refractivity contribution in [2.45, 2.75) is 45.6 Å². The number of nitrogens with zero attached hydrogens (tertiary/aromatic N) is 3. The second-order valence-electron chi connectivity index (χ2n) is 6.41. The third-order valence-corrected chi connectivity index (χ3v) is 4.44. The topological polar surface area (TPSA) is 60.0 Å². The fourth-order valence-corrected chi connectivity index (χ4v) is 2.97. The van der Waals surface area contributed by atoms with Crippen LogP contribution in [0.2, 0.25) is 0 Å². The molecule has 1 aromatic carbocycles. The number of aryl methyl sites for hydroxylation is 2. The molecule has 2 rings (SSSR count). The van der Waals surface area contributed by atoms with E-state index >= 15 is 0 Å². The minimum absolute atomic E-state index is 0.0360. The first-order chi connectivity index (χ1) is 11.1. The van der Waals surface area contributed by atoms with Crippen molar-refractivity contribution in [3.05, 3.63) is 29.3 Å². The largest absolute Gasteiger partial charge is 0.490 e. The van der Waals surface area contributed by atoms with Crippen LogP contribution < -0.4 is 4.74 Å². The molecule has 23 heavy (non-hydrogen) atoms. The number of hydrogen-bond acceptors (Lipinski definition) is 4. The van der Waals surface area contributed by atoms with E-state index in [2.05, 4.69) is 49.1 Å². The smallest absolute Gasteiger partial charge is 0.122 e. The van der Waals surface area contributed by atoms with Gasteiger partial charge in [-0.25, -0.2) is 0 Å². The Balaban J connectivity index is 1.81. The van der Waals surface area contributed by atoms with E-state index in [1.54, 1.807) is 0 Å². The average Bonchev–Trinajstić information content (AvgIpc) is 2.56. The molecule has 0 spiro atoms. The molecule has 0 radical (unpaired) electrons. The zero-order chi connectivity index (χ0) is 16.7. The van der Waals surface area contributed by atoms with E-state index in [9.17, 15) is 5.26 Å². The summed E-state index contributed by atoms with van der Waals surface area (Å²) in [7, 11) is 0. The van der Waals surface area contributed by atoms with Gasteiger partial charge in [0.05, 0.1) is 18.1 Å². The van der Waals surface area contributed by atoms with E-state index in [0.717, 1.165) is 38.2 Å². The summed E-state index contributed by atoms with van der Waals surface area (Å²) in [5, 5.41) is 17.8. The molecule has 4 heteroatoms. The quantitative estimate of drug-likeness (QED) is 0.805. The standard InChI is InChI=1S/C19H25N3O/c1-15-5-6-16(2)19(12-15)23-18-7-10-22(11-8-18)14-17(13-21)4-3-9-20/h5-6,12,17-18H,3-4,7-8,10-11,14H2,1-2H3/t17-/m1/s1. The molecule has 0 aromatic heterocycles. The summed E-state index contributed by atoms with van der Waals surface area (Å²) in [5.74, 6) is 0.957. The van der Waals surface area contributed by atoms with Gasteiger partial charge in [0, 0.05) is 26.1 Å². The molecule has 0 aliphatic carbocycles. The first-order valence-corrected chi connectivity index (χ1v) is 8.35. The fraction of sp³-hybridized carbons (Fsp3) is 0.579. The molecule has 1 aliphatic rings. The summed E-state index contributed by atoms with van der Waals surface area (Å²) in [6, 6.07) is 10.8. The highest BCUT2D eigenvalue weighted by molar-refractivity contribution is 5.36. The van der Waals surface area contributed by atoms with E-state index < -0.39 is 0 Å². The number of hydrogen-bond donors (Lipinski definition) is 0.